The predicted molar refractivity (Wildman–Crippen MR) is 105 cm³/mol. The summed E-state index contributed by atoms with van der Waals surface area (Å²) in [4.78, 5) is 12.7. The molecule has 2 nitrogen and oxygen atoms in total. The second kappa shape index (κ2) is 7.63. The van der Waals surface area contributed by atoms with Gasteiger partial charge >= 0.3 is 5.97 Å². The molecule has 3 heteroatoms. The highest BCUT2D eigenvalue weighted by atomic mass is 31.1. The lowest BCUT2D eigenvalue weighted by Gasteiger charge is -2.21. The van der Waals surface area contributed by atoms with Gasteiger partial charge in [0, 0.05) is 10.6 Å². The van der Waals surface area contributed by atoms with Crippen molar-refractivity contribution in [2.75, 3.05) is 0 Å². The number of aryl methyl sites for hydroxylation is 1. The maximum absolute atomic E-state index is 12.7. The first-order chi connectivity index (χ1) is 12.1. The highest BCUT2D eigenvalue weighted by Crippen LogP contribution is 2.38. The lowest BCUT2D eigenvalue weighted by Crippen LogP contribution is -2.20. The van der Waals surface area contributed by atoms with Gasteiger partial charge in [-0.25, -0.2) is 4.79 Å². The Morgan fingerprint density at radius 1 is 0.760 bits per heavy atom. The summed E-state index contributed by atoms with van der Waals surface area (Å²) in [5, 5.41) is 2.13. The van der Waals surface area contributed by atoms with Crippen LogP contribution in [0.15, 0.2) is 72.8 Å². The zero-order chi connectivity index (χ0) is 17.8. The molecule has 0 bridgehead atoms. The summed E-state index contributed by atoms with van der Waals surface area (Å²) in [6.45, 7) is 6.32. The number of rotatable bonds is 4. The van der Waals surface area contributed by atoms with Crippen molar-refractivity contribution < 1.29 is 9.32 Å². The Hall–Kier alpha value is -2.44. The Morgan fingerprint density at radius 2 is 1.36 bits per heavy atom. The molecule has 0 amide bonds. The molecule has 0 N–H and O–H groups in total. The van der Waals surface area contributed by atoms with E-state index in [1.165, 1.54) is 16.7 Å². The zero-order valence-corrected chi connectivity index (χ0v) is 15.6. The average molecular weight is 348 g/mol. The fourth-order valence-corrected chi connectivity index (χ4v) is 4.55. The predicted octanol–water partition coefficient (Wildman–Crippen LogP) is 4.82. The molecule has 0 radical (unpaired) electrons. The van der Waals surface area contributed by atoms with Crippen LogP contribution in [0.3, 0.4) is 0 Å². The smallest absolute Gasteiger partial charge is 0.341 e. The van der Waals surface area contributed by atoms with E-state index in [1.807, 2.05) is 48.5 Å². The quantitative estimate of drug-likeness (QED) is 0.632. The van der Waals surface area contributed by atoms with Gasteiger partial charge in [-0.15, -0.1) is 0 Å². The zero-order valence-electron chi connectivity index (χ0n) is 14.7. The number of hydrogen-bond acceptors (Lipinski definition) is 2. The van der Waals surface area contributed by atoms with E-state index >= 15 is 0 Å². The number of hydrogen-bond donors (Lipinski definition) is 0. The highest BCUT2D eigenvalue weighted by molar-refractivity contribution is 7.69. The molecule has 0 fully saturated rings. The van der Waals surface area contributed by atoms with Crippen molar-refractivity contribution in [3.05, 3.63) is 95.1 Å². The van der Waals surface area contributed by atoms with Crippen LogP contribution in [0, 0.1) is 20.8 Å². The molecule has 0 aliphatic carbocycles. The number of carbonyl (C=O) groups is 1. The van der Waals surface area contributed by atoms with Crippen LogP contribution in [0.5, 0.6) is 0 Å². The molecule has 0 saturated heterocycles. The fourth-order valence-electron chi connectivity index (χ4n) is 2.68. The van der Waals surface area contributed by atoms with Crippen LogP contribution >= 0.6 is 8.15 Å². The van der Waals surface area contributed by atoms with Gasteiger partial charge in [0.1, 0.15) is 0 Å². The molecule has 1 atom stereocenters. The van der Waals surface area contributed by atoms with Gasteiger partial charge in [0.05, 0.1) is 5.56 Å². The van der Waals surface area contributed by atoms with Crippen LogP contribution < -0.4 is 10.6 Å². The van der Waals surface area contributed by atoms with Crippen molar-refractivity contribution in [3.8, 4) is 0 Å². The molecule has 0 saturated carbocycles. The van der Waals surface area contributed by atoms with E-state index in [4.69, 9.17) is 4.52 Å². The lowest BCUT2D eigenvalue weighted by atomic mass is 10.1. The molecule has 3 rings (SSSR count). The van der Waals surface area contributed by atoms with Gasteiger partial charge in [-0.1, -0.05) is 60.7 Å². The largest absolute Gasteiger partial charge is 0.431 e. The summed E-state index contributed by atoms with van der Waals surface area (Å²) in [5.41, 5.74) is 4.26. The second-order valence-corrected chi connectivity index (χ2v) is 7.80. The van der Waals surface area contributed by atoms with Crippen LogP contribution in [0.2, 0.25) is 0 Å². The Labute approximate surface area is 150 Å². The van der Waals surface area contributed by atoms with Crippen molar-refractivity contribution >= 4 is 24.7 Å². The van der Waals surface area contributed by atoms with E-state index in [1.54, 1.807) is 12.1 Å². The molecule has 0 aromatic heterocycles. The summed E-state index contributed by atoms with van der Waals surface area (Å²) in [7, 11) is -1.21. The minimum Gasteiger partial charge on any atom is -0.431 e. The van der Waals surface area contributed by atoms with Crippen LogP contribution in [-0.4, -0.2) is 5.97 Å². The van der Waals surface area contributed by atoms with E-state index in [2.05, 4.69) is 32.9 Å². The minimum atomic E-state index is -1.21. The molecule has 0 heterocycles. The molecule has 1 unspecified atom stereocenters. The van der Waals surface area contributed by atoms with E-state index in [-0.39, 0.29) is 5.97 Å². The Balaban J connectivity index is 2.03. The monoisotopic (exact) mass is 348 g/mol. The van der Waals surface area contributed by atoms with Gasteiger partial charge < -0.3 is 4.52 Å². The minimum absolute atomic E-state index is 0.284. The average Bonchev–Trinajstić information content (AvgIpc) is 2.66. The molecule has 126 valence electrons. The van der Waals surface area contributed by atoms with Crippen molar-refractivity contribution in [2.45, 2.75) is 20.8 Å². The molecule has 3 aromatic rings. The van der Waals surface area contributed by atoms with E-state index in [0.717, 1.165) is 10.6 Å². The third kappa shape index (κ3) is 3.81. The van der Waals surface area contributed by atoms with Gasteiger partial charge in [-0.3, -0.25) is 0 Å². The molecule has 0 aliphatic heterocycles. The second-order valence-electron chi connectivity index (χ2n) is 6.03. The van der Waals surface area contributed by atoms with Crippen LogP contribution in [0.25, 0.3) is 0 Å². The molecule has 0 spiro atoms. The Morgan fingerprint density at radius 3 is 2.00 bits per heavy atom. The number of carbonyl (C=O) groups excluding carboxylic acids is 1. The third-order valence-electron chi connectivity index (χ3n) is 4.42. The van der Waals surface area contributed by atoms with Crippen LogP contribution in [0.4, 0.5) is 0 Å². The van der Waals surface area contributed by atoms with Crippen molar-refractivity contribution in [3.63, 3.8) is 0 Å². The maximum atomic E-state index is 12.7. The van der Waals surface area contributed by atoms with Crippen molar-refractivity contribution in [1.29, 1.82) is 0 Å². The molecule has 3 aromatic carbocycles. The van der Waals surface area contributed by atoms with Gasteiger partial charge in [-0.2, -0.15) is 0 Å². The molecular formula is C22H21O2P. The Bertz CT molecular complexity index is 873. The normalized spacial score (nSPS) is 11.8. The molecule has 25 heavy (non-hydrogen) atoms. The van der Waals surface area contributed by atoms with E-state index in [9.17, 15) is 4.79 Å². The third-order valence-corrected chi connectivity index (χ3v) is 6.46. The van der Waals surface area contributed by atoms with Crippen molar-refractivity contribution in [1.82, 2.24) is 0 Å². The molecular weight excluding hydrogens is 327 g/mol. The standard InChI is InChI=1S/C22H21O2P/c1-16-14-15-21(18(3)17(16)2)25(20-12-8-5-9-13-20)24-22(23)19-10-6-4-7-11-19/h4-15H,1-3H3. The van der Waals surface area contributed by atoms with Gasteiger partial charge in [0.2, 0.25) is 0 Å². The lowest BCUT2D eigenvalue weighted by molar-refractivity contribution is 0.0759. The van der Waals surface area contributed by atoms with E-state index in [0.29, 0.717) is 5.56 Å². The summed E-state index contributed by atoms with van der Waals surface area (Å²) >= 11 is 0. The first-order valence-electron chi connectivity index (χ1n) is 8.27. The maximum Gasteiger partial charge on any atom is 0.341 e. The fraction of sp³-hybridized carbons (Fsp3) is 0.136. The van der Waals surface area contributed by atoms with Gasteiger partial charge in [0.15, 0.2) is 8.15 Å². The summed E-state index contributed by atoms with van der Waals surface area (Å²) < 4.78 is 6.01. The summed E-state index contributed by atoms with van der Waals surface area (Å²) in [5.74, 6) is -0.284. The Kier molecular flexibility index (Phi) is 5.31. The van der Waals surface area contributed by atoms with Gasteiger partial charge in [-0.05, 0) is 49.6 Å². The van der Waals surface area contributed by atoms with Gasteiger partial charge in [0.25, 0.3) is 0 Å². The van der Waals surface area contributed by atoms with Crippen LogP contribution in [0.1, 0.15) is 27.0 Å². The van der Waals surface area contributed by atoms with Crippen molar-refractivity contribution in [2.24, 2.45) is 0 Å². The van der Waals surface area contributed by atoms with Crippen LogP contribution in [-0.2, 0) is 4.52 Å². The first-order valence-corrected chi connectivity index (χ1v) is 9.53. The topological polar surface area (TPSA) is 26.3 Å². The number of benzene rings is 3. The summed E-state index contributed by atoms with van der Waals surface area (Å²) in [6, 6.07) is 23.4. The van der Waals surface area contributed by atoms with E-state index < -0.39 is 8.15 Å². The summed E-state index contributed by atoms with van der Waals surface area (Å²) in [6.07, 6.45) is 0. The molecule has 0 aliphatic rings. The highest BCUT2D eigenvalue weighted by Gasteiger charge is 2.23. The first kappa shape index (κ1) is 17.4. The SMILES string of the molecule is Cc1ccc(P(OC(=O)c2ccccc2)c2ccccc2)c(C)c1C.